The van der Waals surface area contributed by atoms with Crippen molar-refractivity contribution >= 4 is 0 Å². The predicted octanol–water partition coefficient (Wildman–Crippen LogP) is 2.09. The summed E-state index contributed by atoms with van der Waals surface area (Å²) in [6.45, 7) is 0. The standard InChI is InChI=1S/C13H22O2/c14-12-9-4-3-6-11(12)13(15)7-2-1-5-10(13)8-9/h9-12,14-15H,1-8H2/t9-,10-,11-,12-,13+/m1/s1. The lowest BCUT2D eigenvalue weighted by molar-refractivity contribution is -0.191. The van der Waals surface area contributed by atoms with Crippen LogP contribution < -0.4 is 0 Å². The van der Waals surface area contributed by atoms with Crippen molar-refractivity contribution in [3.05, 3.63) is 0 Å². The molecule has 0 aromatic heterocycles. The van der Waals surface area contributed by atoms with E-state index in [9.17, 15) is 10.2 Å². The topological polar surface area (TPSA) is 40.5 Å². The van der Waals surface area contributed by atoms with Crippen molar-refractivity contribution in [3.8, 4) is 0 Å². The van der Waals surface area contributed by atoms with Gasteiger partial charge in [-0.1, -0.05) is 19.3 Å². The van der Waals surface area contributed by atoms with E-state index in [0.717, 1.165) is 25.7 Å². The number of rotatable bonds is 0. The second-order valence-corrected chi connectivity index (χ2v) is 5.96. The van der Waals surface area contributed by atoms with Crippen molar-refractivity contribution in [2.75, 3.05) is 0 Å². The van der Waals surface area contributed by atoms with Gasteiger partial charge in [-0.05, 0) is 43.9 Å². The molecule has 5 atom stereocenters. The van der Waals surface area contributed by atoms with Crippen molar-refractivity contribution in [2.24, 2.45) is 17.8 Å². The monoisotopic (exact) mass is 210 g/mol. The van der Waals surface area contributed by atoms with Gasteiger partial charge in [0.1, 0.15) is 0 Å². The lowest BCUT2D eigenvalue weighted by Gasteiger charge is -2.55. The minimum atomic E-state index is -0.505. The van der Waals surface area contributed by atoms with E-state index >= 15 is 0 Å². The number of aliphatic hydroxyl groups is 2. The van der Waals surface area contributed by atoms with Gasteiger partial charge < -0.3 is 10.2 Å². The molecule has 2 N–H and O–H groups in total. The zero-order valence-electron chi connectivity index (χ0n) is 9.36. The fourth-order valence-electron chi connectivity index (χ4n) is 4.50. The van der Waals surface area contributed by atoms with Gasteiger partial charge >= 0.3 is 0 Å². The summed E-state index contributed by atoms with van der Waals surface area (Å²) in [4.78, 5) is 0. The SMILES string of the molecule is O[C@@H]1[C@@H]2CCC[C@H]1[C@]1(O)CCCC[C@@H]1C2. The van der Waals surface area contributed by atoms with Crippen LogP contribution in [0.3, 0.4) is 0 Å². The van der Waals surface area contributed by atoms with Crippen molar-refractivity contribution in [2.45, 2.75) is 63.1 Å². The van der Waals surface area contributed by atoms with Crippen LogP contribution in [0.5, 0.6) is 0 Å². The summed E-state index contributed by atoms with van der Waals surface area (Å²) in [6, 6.07) is 0. The van der Waals surface area contributed by atoms with Crippen LogP contribution >= 0.6 is 0 Å². The van der Waals surface area contributed by atoms with E-state index < -0.39 is 5.60 Å². The normalized spacial score (nSPS) is 54.8. The Morgan fingerprint density at radius 1 is 1.00 bits per heavy atom. The Morgan fingerprint density at radius 3 is 2.73 bits per heavy atom. The van der Waals surface area contributed by atoms with E-state index in [4.69, 9.17) is 0 Å². The molecule has 3 rings (SSSR count). The van der Waals surface area contributed by atoms with Gasteiger partial charge in [-0.25, -0.2) is 0 Å². The third-order valence-electron chi connectivity index (χ3n) is 5.30. The summed E-state index contributed by atoms with van der Waals surface area (Å²) in [5, 5.41) is 21.0. The Hall–Kier alpha value is -0.0800. The molecule has 86 valence electrons. The van der Waals surface area contributed by atoms with E-state index in [1.54, 1.807) is 0 Å². The highest BCUT2D eigenvalue weighted by Crippen LogP contribution is 2.53. The van der Waals surface area contributed by atoms with Gasteiger partial charge in [-0.2, -0.15) is 0 Å². The van der Waals surface area contributed by atoms with Gasteiger partial charge in [0.05, 0.1) is 11.7 Å². The highest BCUT2D eigenvalue weighted by Gasteiger charge is 2.54. The summed E-state index contributed by atoms with van der Waals surface area (Å²) < 4.78 is 0. The maximum absolute atomic E-state index is 10.8. The van der Waals surface area contributed by atoms with Gasteiger partial charge in [0.15, 0.2) is 0 Å². The van der Waals surface area contributed by atoms with E-state index in [1.165, 1.54) is 25.7 Å². The fourth-order valence-corrected chi connectivity index (χ4v) is 4.50. The number of hydrogen-bond donors (Lipinski definition) is 2. The van der Waals surface area contributed by atoms with Crippen LogP contribution in [0, 0.1) is 17.8 Å². The molecule has 0 aliphatic heterocycles. The molecule has 3 saturated carbocycles. The molecule has 0 radical (unpaired) electrons. The summed E-state index contributed by atoms with van der Waals surface area (Å²) in [5.74, 6) is 1.17. The zero-order chi connectivity index (χ0) is 10.5. The van der Waals surface area contributed by atoms with E-state index in [-0.39, 0.29) is 12.0 Å². The second kappa shape index (κ2) is 3.46. The fraction of sp³-hybridized carbons (Fsp3) is 1.00. The predicted molar refractivity (Wildman–Crippen MR) is 58.4 cm³/mol. The van der Waals surface area contributed by atoms with Crippen LogP contribution in [0.2, 0.25) is 0 Å². The lowest BCUT2D eigenvalue weighted by Crippen LogP contribution is -2.59. The molecule has 15 heavy (non-hydrogen) atoms. The molecule has 3 fully saturated rings. The molecular formula is C13H22O2. The molecule has 0 aromatic carbocycles. The lowest BCUT2D eigenvalue weighted by atomic mass is 9.54. The summed E-state index contributed by atoms with van der Waals surface area (Å²) in [7, 11) is 0. The number of fused-ring (bicyclic) bond motifs is 4. The third kappa shape index (κ3) is 1.38. The van der Waals surface area contributed by atoms with Gasteiger partial charge in [0.25, 0.3) is 0 Å². The summed E-state index contributed by atoms with van der Waals surface area (Å²) >= 11 is 0. The molecule has 0 spiro atoms. The van der Waals surface area contributed by atoms with Crippen LogP contribution in [0.1, 0.15) is 51.4 Å². The molecule has 0 unspecified atom stereocenters. The van der Waals surface area contributed by atoms with E-state index in [0.29, 0.717) is 11.8 Å². The minimum absolute atomic E-state index is 0.190. The van der Waals surface area contributed by atoms with Gasteiger partial charge in [0, 0.05) is 5.92 Å². The van der Waals surface area contributed by atoms with Crippen LogP contribution in [0.4, 0.5) is 0 Å². The number of hydrogen-bond acceptors (Lipinski definition) is 2. The van der Waals surface area contributed by atoms with E-state index in [2.05, 4.69) is 0 Å². The van der Waals surface area contributed by atoms with Crippen LogP contribution in [0.15, 0.2) is 0 Å². The minimum Gasteiger partial charge on any atom is -0.392 e. The van der Waals surface area contributed by atoms with Crippen LogP contribution in [-0.2, 0) is 0 Å². The Balaban J connectivity index is 1.90. The Bertz CT molecular complexity index is 253. The summed E-state index contributed by atoms with van der Waals surface area (Å²) in [5.41, 5.74) is -0.505. The molecule has 3 aliphatic carbocycles. The molecular weight excluding hydrogens is 188 g/mol. The molecule has 2 heteroatoms. The van der Waals surface area contributed by atoms with Crippen molar-refractivity contribution < 1.29 is 10.2 Å². The Morgan fingerprint density at radius 2 is 1.87 bits per heavy atom. The average Bonchev–Trinajstić information content (AvgIpc) is 2.21. The molecule has 3 aliphatic rings. The first-order valence-electron chi connectivity index (χ1n) is 6.62. The van der Waals surface area contributed by atoms with Gasteiger partial charge in [-0.15, -0.1) is 0 Å². The zero-order valence-corrected chi connectivity index (χ0v) is 9.36. The molecule has 0 aromatic rings. The molecule has 2 bridgehead atoms. The maximum Gasteiger partial charge on any atom is 0.0728 e. The molecule has 0 heterocycles. The van der Waals surface area contributed by atoms with Crippen LogP contribution in [-0.4, -0.2) is 21.9 Å². The first kappa shape index (κ1) is 10.1. The van der Waals surface area contributed by atoms with Gasteiger partial charge in [0.2, 0.25) is 0 Å². The third-order valence-corrected chi connectivity index (χ3v) is 5.30. The Labute approximate surface area is 91.7 Å². The van der Waals surface area contributed by atoms with E-state index in [1.807, 2.05) is 0 Å². The van der Waals surface area contributed by atoms with Crippen LogP contribution in [0.25, 0.3) is 0 Å². The van der Waals surface area contributed by atoms with Crippen molar-refractivity contribution in [1.82, 2.24) is 0 Å². The van der Waals surface area contributed by atoms with Crippen molar-refractivity contribution in [1.29, 1.82) is 0 Å². The molecule has 0 amide bonds. The smallest absolute Gasteiger partial charge is 0.0728 e. The number of aliphatic hydroxyl groups excluding tert-OH is 1. The highest BCUT2D eigenvalue weighted by molar-refractivity contribution is 5.05. The first-order chi connectivity index (χ1) is 7.22. The largest absolute Gasteiger partial charge is 0.392 e. The Kier molecular flexibility index (Phi) is 2.33. The van der Waals surface area contributed by atoms with Crippen molar-refractivity contribution in [3.63, 3.8) is 0 Å². The maximum atomic E-state index is 10.8. The molecule has 0 saturated heterocycles. The quantitative estimate of drug-likeness (QED) is 0.642. The summed E-state index contributed by atoms with van der Waals surface area (Å²) in [6.07, 6.45) is 8.87. The second-order valence-electron chi connectivity index (χ2n) is 5.96. The van der Waals surface area contributed by atoms with Gasteiger partial charge in [-0.3, -0.25) is 0 Å². The first-order valence-corrected chi connectivity index (χ1v) is 6.62. The average molecular weight is 210 g/mol. The molecule has 2 nitrogen and oxygen atoms in total. The highest BCUT2D eigenvalue weighted by atomic mass is 16.3.